The van der Waals surface area contributed by atoms with Crippen molar-refractivity contribution in [1.29, 1.82) is 0 Å². The third-order valence-corrected chi connectivity index (χ3v) is 5.02. The van der Waals surface area contributed by atoms with E-state index < -0.39 is 0 Å². The van der Waals surface area contributed by atoms with Crippen molar-refractivity contribution in [2.24, 2.45) is 0 Å². The highest BCUT2D eigenvalue weighted by atomic mass is 16.5. The Morgan fingerprint density at radius 2 is 1.96 bits per heavy atom. The number of nitrogens with zero attached hydrogens (tertiary/aromatic N) is 2. The number of para-hydroxylation sites is 1. The summed E-state index contributed by atoms with van der Waals surface area (Å²) in [6.07, 6.45) is 3.41. The lowest BCUT2D eigenvalue weighted by Gasteiger charge is -2.35. The zero-order chi connectivity index (χ0) is 16.8. The fourth-order valence-electron chi connectivity index (χ4n) is 3.46. The number of benzene rings is 1. The topological polar surface area (TPSA) is 44.8 Å². The SMILES string of the molecule is Cc1ccccc1NC(=O)CCN1CCN(C[C@H]2CCCO2)CC1. The van der Waals surface area contributed by atoms with Gasteiger partial charge in [-0.15, -0.1) is 0 Å². The van der Waals surface area contributed by atoms with Gasteiger partial charge in [0.2, 0.25) is 5.91 Å². The molecule has 2 aliphatic rings. The van der Waals surface area contributed by atoms with Crippen molar-refractivity contribution >= 4 is 11.6 Å². The van der Waals surface area contributed by atoms with Crippen LogP contribution in [0, 0.1) is 6.92 Å². The summed E-state index contributed by atoms with van der Waals surface area (Å²) in [5, 5.41) is 3.01. The highest BCUT2D eigenvalue weighted by Gasteiger charge is 2.22. The number of piperazine rings is 1. The van der Waals surface area contributed by atoms with Crippen molar-refractivity contribution in [3.8, 4) is 0 Å². The van der Waals surface area contributed by atoms with Crippen LogP contribution >= 0.6 is 0 Å². The third kappa shape index (κ3) is 5.03. The average Bonchev–Trinajstić information content (AvgIpc) is 3.09. The minimum atomic E-state index is 0.103. The largest absolute Gasteiger partial charge is 0.377 e. The molecule has 2 aliphatic heterocycles. The second kappa shape index (κ2) is 8.60. The lowest BCUT2D eigenvalue weighted by Crippen LogP contribution is -2.48. The number of rotatable bonds is 6. The summed E-state index contributed by atoms with van der Waals surface area (Å²) >= 11 is 0. The first-order chi connectivity index (χ1) is 11.7. The summed E-state index contributed by atoms with van der Waals surface area (Å²) in [6, 6.07) is 7.91. The van der Waals surface area contributed by atoms with Crippen LogP contribution in [0.3, 0.4) is 0 Å². The van der Waals surface area contributed by atoms with Crippen molar-refractivity contribution < 1.29 is 9.53 Å². The summed E-state index contributed by atoms with van der Waals surface area (Å²) in [6.45, 7) is 9.11. The number of hydrogen-bond acceptors (Lipinski definition) is 4. The maximum absolute atomic E-state index is 12.1. The fourth-order valence-corrected chi connectivity index (χ4v) is 3.46. The predicted octanol–water partition coefficient (Wildman–Crippen LogP) is 2.12. The predicted molar refractivity (Wildman–Crippen MR) is 96.3 cm³/mol. The molecular formula is C19H29N3O2. The maximum Gasteiger partial charge on any atom is 0.225 e. The summed E-state index contributed by atoms with van der Waals surface area (Å²) < 4.78 is 5.72. The van der Waals surface area contributed by atoms with Gasteiger partial charge in [0, 0.05) is 58.0 Å². The Labute approximate surface area is 145 Å². The molecule has 2 fully saturated rings. The lowest BCUT2D eigenvalue weighted by atomic mass is 10.2. The number of aryl methyl sites for hydroxylation is 1. The highest BCUT2D eigenvalue weighted by molar-refractivity contribution is 5.91. The minimum absolute atomic E-state index is 0.103. The first-order valence-electron chi connectivity index (χ1n) is 9.12. The number of anilines is 1. The van der Waals surface area contributed by atoms with Crippen molar-refractivity contribution in [2.75, 3.05) is 51.2 Å². The number of carbonyl (C=O) groups excluding carboxylic acids is 1. The monoisotopic (exact) mass is 331 g/mol. The quantitative estimate of drug-likeness (QED) is 0.867. The van der Waals surface area contributed by atoms with E-state index in [1.54, 1.807) is 0 Å². The number of hydrogen-bond donors (Lipinski definition) is 1. The summed E-state index contributed by atoms with van der Waals surface area (Å²) in [5.41, 5.74) is 2.03. The molecule has 1 amide bonds. The van der Waals surface area contributed by atoms with Gasteiger partial charge in [-0.05, 0) is 31.4 Å². The number of nitrogens with one attached hydrogen (secondary N) is 1. The van der Waals surface area contributed by atoms with Gasteiger partial charge in [0.1, 0.15) is 0 Å². The van der Waals surface area contributed by atoms with Crippen LogP contribution in [0.5, 0.6) is 0 Å². The maximum atomic E-state index is 12.1. The molecule has 0 radical (unpaired) electrons. The van der Waals surface area contributed by atoms with E-state index in [0.717, 1.165) is 57.1 Å². The van der Waals surface area contributed by atoms with E-state index in [1.165, 1.54) is 12.8 Å². The van der Waals surface area contributed by atoms with Crippen LogP contribution < -0.4 is 5.32 Å². The first kappa shape index (κ1) is 17.4. The molecule has 3 rings (SSSR count). The Morgan fingerprint density at radius 3 is 2.67 bits per heavy atom. The molecule has 24 heavy (non-hydrogen) atoms. The van der Waals surface area contributed by atoms with E-state index in [1.807, 2.05) is 31.2 Å². The van der Waals surface area contributed by atoms with Crippen LogP contribution in [0.4, 0.5) is 5.69 Å². The van der Waals surface area contributed by atoms with Gasteiger partial charge in [0.15, 0.2) is 0 Å². The molecule has 1 N–H and O–H groups in total. The van der Waals surface area contributed by atoms with E-state index in [4.69, 9.17) is 4.74 Å². The second-order valence-electron chi connectivity index (χ2n) is 6.89. The molecule has 1 atom stereocenters. The second-order valence-corrected chi connectivity index (χ2v) is 6.89. The summed E-state index contributed by atoms with van der Waals surface area (Å²) in [7, 11) is 0. The third-order valence-electron chi connectivity index (χ3n) is 5.02. The van der Waals surface area contributed by atoms with Crippen molar-refractivity contribution in [3.05, 3.63) is 29.8 Å². The molecule has 1 aromatic rings. The minimum Gasteiger partial charge on any atom is -0.377 e. The Hall–Kier alpha value is -1.43. The standard InChI is InChI=1S/C19H29N3O2/c1-16-5-2-3-7-18(16)20-19(23)8-9-21-10-12-22(13-11-21)15-17-6-4-14-24-17/h2-3,5,7,17H,4,6,8-15H2,1H3,(H,20,23)/t17-/m1/s1. The Bertz CT molecular complexity index is 535. The molecule has 132 valence electrons. The van der Waals surface area contributed by atoms with Crippen LogP contribution in [0.2, 0.25) is 0 Å². The Morgan fingerprint density at radius 1 is 1.21 bits per heavy atom. The molecule has 0 bridgehead atoms. The van der Waals surface area contributed by atoms with Crippen molar-refractivity contribution in [3.63, 3.8) is 0 Å². The molecule has 0 spiro atoms. The molecule has 0 aromatic heterocycles. The van der Waals surface area contributed by atoms with E-state index in [0.29, 0.717) is 12.5 Å². The van der Waals surface area contributed by atoms with Crippen LogP contribution in [-0.4, -0.2) is 67.7 Å². The molecule has 0 aliphatic carbocycles. The van der Waals surface area contributed by atoms with Gasteiger partial charge in [-0.3, -0.25) is 9.69 Å². The van der Waals surface area contributed by atoms with Gasteiger partial charge in [-0.25, -0.2) is 0 Å². The van der Waals surface area contributed by atoms with Gasteiger partial charge >= 0.3 is 0 Å². The molecule has 0 unspecified atom stereocenters. The van der Waals surface area contributed by atoms with Crippen LogP contribution in [0.15, 0.2) is 24.3 Å². The van der Waals surface area contributed by atoms with E-state index in [-0.39, 0.29) is 5.91 Å². The van der Waals surface area contributed by atoms with Gasteiger partial charge in [0.05, 0.1) is 6.10 Å². The summed E-state index contributed by atoms with van der Waals surface area (Å²) in [4.78, 5) is 17.0. The smallest absolute Gasteiger partial charge is 0.225 e. The molecule has 2 saturated heterocycles. The molecule has 0 saturated carbocycles. The molecule has 5 nitrogen and oxygen atoms in total. The van der Waals surface area contributed by atoms with Crippen molar-refractivity contribution in [2.45, 2.75) is 32.3 Å². The van der Waals surface area contributed by atoms with Crippen LogP contribution in [0.1, 0.15) is 24.8 Å². The summed E-state index contributed by atoms with van der Waals surface area (Å²) in [5.74, 6) is 0.103. The van der Waals surface area contributed by atoms with Gasteiger partial charge in [0.25, 0.3) is 0 Å². The first-order valence-corrected chi connectivity index (χ1v) is 9.12. The highest BCUT2D eigenvalue weighted by Crippen LogP contribution is 2.15. The van der Waals surface area contributed by atoms with E-state index in [2.05, 4.69) is 15.1 Å². The van der Waals surface area contributed by atoms with Crippen LogP contribution in [-0.2, 0) is 9.53 Å². The van der Waals surface area contributed by atoms with Gasteiger partial charge < -0.3 is 15.0 Å². The number of carbonyl (C=O) groups is 1. The molecule has 1 aromatic carbocycles. The van der Waals surface area contributed by atoms with E-state index >= 15 is 0 Å². The van der Waals surface area contributed by atoms with Gasteiger partial charge in [-0.1, -0.05) is 18.2 Å². The zero-order valence-corrected chi connectivity index (χ0v) is 14.7. The average molecular weight is 331 g/mol. The molecule has 5 heteroatoms. The van der Waals surface area contributed by atoms with Gasteiger partial charge in [-0.2, -0.15) is 0 Å². The normalized spacial score (nSPS) is 22.6. The molecular weight excluding hydrogens is 302 g/mol. The number of ether oxygens (including phenoxy) is 1. The lowest BCUT2D eigenvalue weighted by molar-refractivity contribution is -0.116. The molecule has 2 heterocycles. The Balaban J connectivity index is 1.34. The fraction of sp³-hybridized carbons (Fsp3) is 0.632. The number of amides is 1. The van der Waals surface area contributed by atoms with Crippen LogP contribution in [0.25, 0.3) is 0 Å². The van der Waals surface area contributed by atoms with Crippen molar-refractivity contribution in [1.82, 2.24) is 9.80 Å². The Kier molecular flexibility index (Phi) is 6.24. The zero-order valence-electron chi connectivity index (χ0n) is 14.7. The van der Waals surface area contributed by atoms with E-state index in [9.17, 15) is 4.79 Å².